The number of ether oxygens (including phenoxy) is 2. The molecule has 0 saturated carbocycles. The minimum Gasteiger partial charge on any atom is -0.454 e. The summed E-state index contributed by atoms with van der Waals surface area (Å²) >= 11 is 3.09. The van der Waals surface area contributed by atoms with Crippen LogP contribution in [-0.2, 0) is 6.54 Å². The number of ketones is 1. The van der Waals surface area contributed by atoms with Gasteiger partial charge in [-0.25, -0.2) is 4.98 Å². The molecule has 140 valence electrons. The van der Waals surface area contributed by atoms with E-state index >= 15 is 0 Å². The van der Waals surface area contributed by atoms with E-state index in [2.05, 4.69) is 9.55 Å². The molecule has 0 spiro atoms. The first-order valence-corrected chi connectivity index (χ1v) is 10.5. The molecule has 2 aromatic heterocycles. The summed E-state index contributed by atoms with van der Waals surface area (Å²) in [5, 5.41) is 2.00. The van der Waals surface area contributed by atoms with Crippen molar-refractivity contribution < 1.29 is 14.3 Å². The molecule has 0 atom stereocenters. The van der Waals surface area contributed by atoms with Crippen molar-refractivity contribution in [3.8, 4) is 11.5 Å². The number of benzene rings is 1. The first-order valence-electron chi connectivity index (χ1n) is 8.64. The second kappa shape index (κ2) is 7.40. The summed E-state index contributed by atoms with van der Waals surface area (Å²) in [6.45, 7) is 6.97. The number of Topliss-reactive ketones (excluding diaryl/α,β-unsaturated/α-hetero) is 1. The number of aromatic nitrogens is 2. The summed E-state index contributed by atoms with van der Waals surface area (Å²) in [6, 6.07) is 7.96. The van der Waals surface area contributed by atoms with Crippen molar-refractivity contribution in [2.75, 3.05) is 12.5 Å². The van der Waals surface area contributed by atoms with E-state index in [0.717, 1.165) is 44.0 Å². The topological polar surface area (TPSA) is 53.4 Å². The summed E-state index contributed by atoms with van der Waals surface area (Å²) < 4.78 is 13.9. The molecule has 0 aliphatic carbocycles. The molecule has 0 bridgehead atoms. The number of hydrogen-bond acceptors (Lipinski definition) is 6. The van der Waals surface area contributed by atoms with Crippen molar-refractivity contribution in [1.29, 1.82) is 0 Å². The Morgan fingerprint density at radius 3 is 2.81 bits per heavy atom. The lowest BCUT2D eigenvalue weighted by molar-refractivity contribution is 0.102. The molecule has 7 heteroatoms. The van der Waals surface area contributed by atoms with Gasteiger partial charge in [0, 0.05) is 34.6 Å². The van der Waals surface area contributed by atoms with E-state index in [-0.39, 0.29) is 12.6 Å². The average Bonchev–Trinajstić information content (AvgIpc) is 3.35. The fourth-order valence-electron chi connectivity index (χ4n) is 3.15. The number of carbonyl (C=O) groups excluding carboxylic acids is 1. The van der Waals surface area contributed by atoms with Crippen LogP contribution in [0.5, 0.6) is 11.5 Å². The van der Waals surface area contributed by atoms with Crippen molar-refractivity contribution in [3.63, 3.8) is 0 Å². The highest BCUT2D eigenvalue weighted by atomic mass is 32.2. The van der Waals surface area contributed by atoms with Gasteiger partial charge < -0.3 is 14.0 Å². The molecular weight excluding hydrogens is 380 g/mol. The second-order valence-electron chi connectivity index (χ2n) is 6.53. The third kappa shape index (κ3) is 3.75. The summed E-state index contributed by atoms with van der Waals surface area (Å²) in [5.41, 5.74) is 4.97. The maximum atomic E-state index is 12.7. The molecule has 0 fully saturated rings. The maximum Gasteiger partial charge on any atom is 0.231 e. The fourth-order valence-corrected chi connectivity index (χ4v) is 4.88. The van der Waals surface area contributed by atoms with Gasteiger partial charge >= 0.3 is 0 Å². The number of fused-ring (bicyclic) bond motifs is 1. The highest BCUT2D eigenvalue weighted by Crippen LogP contribution is 2.33. The summed E-state index contributed by atoms with van der Waals surface area (Å²) in [5.74, 6) is 2.10. The summed E-state index contributed by atoms with van der Waals surface area (Å²) in [7, 11) is 0. The lowest BCUT2D eigenvalue weighted by atomic mass is 10.1. The van der Waals surface area contributed by atoms with Crippen LogP contribution in [0.25, 0.3) is 0 Å². The lowest BCUT2D eigenvalue weighted by Gasteiger charge is -2.10. The molecule has 5 nitrogen and oxygen atoms in total. The highest BCUT2D eigenvalue weighted by molar-refractivity contribution is 8.01. The first kappa shape index (κ1) is 18.1. The van der Waals surface area contributed by atoms with Crippen LogP contribution in [0.2, 0.25) is 0 Å². The minimum atomic E-state index is 0.137. The zero-order chi connectivity index (χ0) is 19.0. The molecule has 1 aliphatic rings. The molecule has 3 heterocycles. The molecule has 0 saturated heterocycles. The van der Waals surface area contributed by atoms with Crippen LogP contribution in [0.1, 0.15) is 33.0 Å². The Bertz CT molecular complexity index is 1010. The average molecular weight is 401 g/mol. The van der Waals surface area contributed by atoms with Crippen LogP contribution in [-0.4, -0.2) is 27.9 Å². The second-order valence-corrected chi connectivity index (χ2v) is 8.61. The largest absolute Gasteiger partial charge is 0.454 e. The molecule has 0 radical (unpaired) electrons. The SMILES string of the molecule is Cc1csc(SCC(=O)c2cc(C)n(Cc3ccc4c(c3)OCO4)c2C)n1. The maximum absolute atomic E-state index is 12.7. The standard InChI is InChI=1S/C20H20N2O3S2/c1-12-9-26-20(21-12)27-10-17(23)16-6-13(2)22(14(16)3)8-15-4-5-18-19(7-15)25-11-24-18/h4-7,9H,8,10-11H2,1-3H3. The van der Waals surface area contributed by atoms with Crippen LogP contribution < -0.4 is 9.47 Å². The number of hydrogen-bond donors (Lipinski definition) is 0. The van der Waals surface area contributed by atoms with Gasteiger partial charge in [0.05, 0.1) is 5.75 Å². The Morgan fingerprint density at radius 2 is 2.04 bits per heavy atom. The first-order chi connectivity index (χ1) is 13.0. The van der Waals surface area contributed by atoms with Crippen molar-refractivity contribution in [2.24, 2.45) is 0 Å². The number of rotatable bonds is 6. The molecule has 27 heavy (non-hydrogen) atoms. The Morgan fingerprint density at radius 1 is 1.22 bits per heavy atom. The van der Waals surface area contributed by atoms with Gasteiger partial charge in [-0.2, -0.15) is 0 Å². The van der Waals surface area contributed by atoms with E-state index < -0.39 is 0 Å². The van der Waals surface area contributed by atoms with Crippen LogP contribution in [0.3, 0.4) is 0 Å². The monoisotopic (exact) mass is 400 g/mol. The number of thiazole rings is 1. The van der Waals surface area contributed by atoms with Gasteiger partial charge in [0.1, 0.15) is 0 Å². The Labute approximate surface area is 166 Å². The van der Waals surface area contributed by atoms with Crippen LogP contribution in [0.15, 0.2) is 34.0 Å². The van der Waals surface area contributed by atoms with Gasteiger partial charge in [-0.15, -0.1) is 11.3 Å². The number of carbonyl (C=O) groups is 1. The van der Waals surface area contributed by atoms with E-state index in [9.17, 15) is 4.79 Å². The Balaban J connectivity index is 1.50. The summed E-state index contributed by atoms with van der Waals surface area (Å²) in [6.07, 6.45) is 0. The lowest BCUT2D eigenvalue weighted by Crippen LogP contribution is -2.07. The molecule has 1 aromatic carbocycles. The third-order valence-corrected chi connectivity index (χ3v) is 6.72. The predicted molar refractivity (Wildman–Crippen MR) is 107 cm³/mol. The molecular formula is C20H20N2O3S2. The zero-order valence-electron chi connectivity index (χ0n) is 15.4. The molecule has 0 unspecified atom stereocenters. The minimum absolute atomic E-state index is 0.137. The fraction of sp³-hybridized carbons (Fsp3) is 0.300. The van der Waals surface area contributed by atoms with Crippen LogP contribution in [0, 0.1) is 20.8 Å². The van der Waals surface area contributed by atoms with Crippen LogP contribution in [0.4, 0.5) is 0 Å². The number of aryl methyl sites for hydroxylation is 2. The molecule has 0 amide bonds. The van der Waals surface area contributed by atoms with Gasteiger partial charge in [0.2, 0.25) is 6.79 Å². The molecule has 1 aliphatic heterocycles. The predicted octanol–water partition coefficient (Wildman–Crippen LogP) is 4.62. The summed E-state index contributed by atoms with van der Waals surface area (Å²) in [4.78, 5) is 17.1. The molecule has 4 rings (SSSR count). The van der Waals surface area contributed by atoms with Gasteiger partial charge in [-0.3, -0.25) is 4.79 Å². The van der Waals surface area contributed by atoms with Gasteiger partial charge in [-0.1, -0.05) is 17.8 Å². The van der Waals surface area contributed by atoms with Crippen molar-refractivity contribution >= 4 is 28.9 Å². The zero-order valence-corrected chi connectivity index (χ0v) is 17.1. The van der Waals surface area contributed by atoms with Crippen molar-refractivity contribution in [1.82, 2.24) is 9.55 Å². The quantitative estimate of drug-likeness (QED) is 0.446. The van der Waals surface area contributed by atoms with Crippen molar-refractivity contribution in [2.45, 2.75) is 31.7 Å². The number of thioether (sulfide) groups is 1. The van der Waals surface area contributed by atoms with E-state index in [4.69, 9.17) is 9.47 Å². The van der Waals surface area contributed by atoms with E-state index in [0.29, 0.717) is 12.3 Å². The highest BCUT2D eigenvalue weighted by Gasteiger charge is 2.18. The number of nitrogens with zero attached hydrogens (tertiary/aromatic N) is 2. The van der Waals surface area contributed by atoms with E-state index in [1.165, 1.54) is 11.8 Å². The molecule has 3 aromatic rings. The van der Waals surface area contributed by atoms with E-state index in [1.54, 1.807) is 11.3 Å². The Hall–Kier alpha value is -2.25. The van der Waals surface area contributed by atoms with Gasteiger partial charge in [0.15, 0.2) is 21.6 Å². The molecule has 0 N–H and O–H groups in total. The van der Waals surface area contributed by atoms with Crippen molar-refractivity contribution in [3.05, 3.63) is 57.9 Å². The van der Waals surface area contributed by atoms with Gasteiger partial charge in [-0.05, 0) is 44.5 Å². The van der Waals surface area contributed by atoms with Crippen LogP contribution >= 0.6 is 23.1 Å². The third-order valence-electron chi connectivity index (χ3n) is 4.58. The van der Waals surface area contributed by atoms with Gasteiger partial charge in [0.25, 0.3) is 0 Å². The normalized spacial score (nSPS) is 12.6. The van der Waals surface area contributed by atoms with E-state index in [1.807, 2.05) is 50.4 Å². The smallest absolute Gasteiger partial charge is 0.231 e. The Kier molecular flexibility index (Phi) is 4.97.